The van der Waals surface area contributed by atoms with Crippen molar-refractivity contribution in [3.63, 3.8) is 0 Å². The quantitative estimate of drug-likeness (QED) is 0.866. The topological polar surface area (TPSA) is 28.4 Å². The van der Waals surface area contributed by atoms with E-state index >= 15 is 0 Å². The zero-order valence-electron chi connectivity index (χ0n) is 13.3. The van der Waals surface area contributed by atoms with Crippen LogP contribution in [0.5, 0.6) is 0 Å². The predicted octanol–water partition coefficient (Wildman–Crippen LogP) is 3.13. The molecule has 0 amide bonds. The molecule has 1 unspecified atom stereocenters. The van der Waals surface area contributed by atoms with Gasteiger partial charge in [-0.15, -0.1) is 0 Å². The standard InChI is InChI=1S/C17H30N2O/c1-14(2)6-12-19-9-4-5-17(19)13-18-10-7-16(8-11-18)15(3)20/h4-5,9,14-16,20H,6-8,10-13H2,1-3H3. The molecular formula is C17H30N2O. The zero-order valence-corrected chi connectivity index (χ0v) is 13.3. The van der Waals surface area contributed by atoms with E-state index in [1.54, 1.807) is 0 Å². The van der Waals surface area contributed by atoms with E-state index in [1.807, 2.05) is 6.92 Å². The lowest BCUT2D eigenvalue weighted by molar-refractivity contribution is 0.0687. The molecule has 114 valence electrons. The van der Waals surface area contributed by atoms with E-state index in [-0.39, 0.29) is 6.10 Å². The first-order valence-corrected chi connectivity index (χ1v) is 8.10. The maximum atomic E-state index is 9.66. The third kappa shape index (κ3) is 4.35. The van der Waals surface area contributed by atoms with E-state index in [4.69, 9.17) is 0 Å². The fraction of sp³-hybridized carbons (Fsp3) is 0.765. The van der Waals surface area contributed by atoms with E-state index in [2.05, 4.69) is 41.6 Å². The number of aryl methyl sites for hydroxylation is 1. The number of aromatic nitrogens is 1. The van der Waals surface area contributed by atoms with Gasteiger partial charge in [-0.3, -0.25) is 4.90 Å². The summed E-state index contributed by atoms with van der Waals surface area (Å²) >= 11 is 0. The number of piperidine rings is 1. The van der Waals surface area contributed by atoms with E-state index in [9.17, 15) is 5.11 Å². The van der Waals surface area contributed by atoms with Crippen molar-refractivity contribution in [1.82, 2.24) is 9.47 Å². The Morgan fingerprint density at radius 1 is 1.25 bits per heavy atom. The fourth-order valence-electron chi connectivity index (χ4n) is 3.03. The molecule has 3 nitrogen and oxygen atoms in total. The van der Waals surface area contributed by atoms with Gasteiger partial charge in [-0.1, -0.05) is 13.8 Å². The Hall–Kier alpha value is -0.800. The molecule has 3 heteroatoms. The summed E-state index contributed by atoms with van der Waals surface area (Å²) in [6, 6.07) is 4.42. The molecule has 0 aliphatic carbocycles. The van der Waals surface area contributed by atoms with Gasteiger partial charge in [0.2, 0.25) is 0 Å². The molecule has 2 rings (SSSR count). The highest BCUT2D eigenvalue weighted by molar-refractivity contribution is 5.07. The Kier molecular flexibility index (Phi) is 5.67. The summed E-state index contributed by atoms with van der Waals surface area (Å²) in [6.45, 7) is 10.9. The highest BCUT2D eigenvalue weighted by Gasteiger charge is 2.22. The van der Waals surface area contributed by atoms with Crippen molar-refractivity contribution in [2.24, 2.45) is 11.8 Å². The van der Waals surface area contributed by atoms with E-state index in [1.165, 1.54) is 12.1 Å². The van der Waals surface area contributed by atoms with Gasteiger partial charge in [-0.25, -0.2) is 0 Å². The Balaban J connectivity index is 1.84. The first-order valence-electron chi connectivity index (χ1n) is 8.10. The van der Waals surface area contributed by atoms with Gasteiger partial charge in [0.1, 0.15) is 0 Å². The van der Waals surface area contributed by atoms with Crippen LogP contribution in [0.1, 0.15) is 45.7 Å². The smallest absolute Gasteiger partial charge is 0.0541 e. The maximum Gasteiger partial charge on any atom is 0.0541 e. The summed E-state index contributed by atoms with van der Waals surface area (Å²) in [5.41, 5.74) is 1.43. The van der Waals surface area contributed by atoms with Crippen LogP contribution in [0.4, 0.5) is 0 Å². The number of aliphatic hydroxyl groups is 1. The molecule has 2 heterocycles. The average molecular weight is 278 g/mol. The number of aliphatic hydroxyl groups excluding tert-OH is 1. The van der Waals surface area contributed by atoms with Crippen LogP contribution >= 0.6 is 0 Å². The molecule has 0 radical (unpaired) electrons. The summed E-state index contributed by atoms with van der Waals surface area (Å²) in [5.74, 6) is 1.26. The third-order valence-electron chi connectivity index (χ3n) is 4.57. The highest BCUT2D eigenvalue weighted by atomic mass is 16.3. The molecule has 0 spiro atoms. The molecule has 1 atom stereocenters. The molecule has 0 bridgehead atoms. The minimum atomic E-state index is -0.146. The molecule has 0 saturated carbocycles. The summed E-state index contributed by atoms with van der Waals surface area (Å²) in [6.07, 6.45) is 5.56. The third-order valence-corrected chi connectivity index (χ3v) is 4.57. The maximum absolute atomic E-state index is 9.66. The van der Waals surface area contributed by atoms with Gasteiger partial charge in [0.25, 0.3) is 0 Å². The van der Waals surface area contributed by atoms with Crippen LogP contribution < -0.4 is 0 Å². The van der Waals surface area contributed by atoms with Gasteiger partial charge < -0.3 is 9.67 Å². The number of likely N-dealkylation sites (tertiary alicyclic amines) is 1. The molecule has 1 aliphatic rings. The monoisotopic (exact) mass is 278 g/mol. The van der Waals surface area contributed by atoms with Crippen LogP contribution in [0, 0.1) is 11.8 Å². The second-order valence-corrected chi connectivity index (χ2v) is 6.73. The van der Waals surface area contributed by atoms with Gasteiger partial charge in [-0.05, 0) is 63.2 Å². The van der Waals surface area contributed by atoms with Gasteiger partial charge in [0.05, 0.1) is 6.10 Å². The first kappa shape index (κ1) is 15.6. The number of hydrogen-bond donors (Lipinski definition) is 1. The predicted molar refractivity (Wildman–Crippen MR) is 83.6 cm³/mol. The summed E-state index contributed by atoms with van der Waals surface area (Å²) in [7, 11) is 0. The van der Waals surface area contributed by atoms with Crippen LogP contribution in [0.15, 0.2) is 18.3 Å². The van der Waals surface area contributed by atoms with Crippen LogP contribution in [-0.2, 0) is 13.1 Å². The van der Waals surface area contributed by atoms with Gasteiger partial charge in [0, 0.05) is 25.0 Å². The van der Waals surface area contributed by atoms with Gasteiger partial charge >= 0.3 is 0 Å². The SMILES string of the molecule is CC(C)CCn1cccc1CN1CCC(C(C)O)CC1. The lowest BCUT2D eigenvalue weighted by Crippen LogP contribution is -2.37. The Morgan fingerprint density at radius 2 is 1.95 bits per heavy atom. The summed E-state index contributed by atoms with van der Waals surface area (Å²) in [4.78, 5) is 2.53. The second kappa shape index (κ2) is 7.28. The molecule has 1 aromatic heterocycles. The van der Waals surface area contributed by atoms with Crippen LogP contribution in [0.25, 0.3) is 0 Å². The van der Waals surface area contributed by atoms with Crippen LogP contribution in [0.2, 0.25) is 0 Å². The summed E-state index contributed by atoms with van der Waals surface area (Å²) in [5, 5.41) is 9.66. The van der Waals surface area contributed by atoms with E-state index in [0.29, 0.717) is 5.92 Å². The lowest BCUT2D eigenvalue weighted by Gasteiger charge is -2.33. The van der Waals surface area contributed by atoms with Crippen molar-refractivity contribution < 1.29 is 5.11 Å². The highest BCUT2D eigenvalue weighted by Crippen LogP contribution is 2.22. The lowest BCUT2D eigenvalue weighted by atomic mass is 9.92. The van der Waals surface area contributed by atoms with Crippen molar-refractivity contribution in [2.45, 2.75) is 59.2 Å². The van der Waals surface area contributed by atoms with Gasteiger partial charge in [0.15, 0.2) is 0 Å². The molecule has 1 aromatic rings. The average Bonchev–Trinajstić information content (AvgIpc) is 2.84. The van der Waals surface area contributed by atoms with Crippen molar-refractivity contribution in [1.29, 1.82) is 0 Å². The number of nitrogens with zero attached hydrogens (tertiary/aromatic N) is 2. The molecule has 0 aromatic carbocycles. The molecular weight excluding hydrogens is 248 g/mol. The molecule has 1 saturated heterocycles. The van der Waals surface area contributed by atoms with Crippen molar-refractivity contribution in [3.05, 3.63) is 24.0 Å². The second-order valence-electron chi connectivity index (χ2n) is 6.73. The van der Waals surface area contributed by atoms with Crippen LogP contribution in [-0.4, -0.2) is 33.8 Å². The first-order chi connectivity index (χ1) is 9.56. The van der Waals surface area contributed by atoms with E-state index < -0.39 is 0 Å². The van der Waals surface area contributed by atoms with Crippen LogP contribution in [0.3, 0.4) is 0 Å². The fourth-order valence-corrected chi connectivity index (χ4v) is 3.03. The molecule has 1 fully saturated rings. The summed E-state index contributed by atoms with van der Waals surface area (Å²) < 4.78 is 2.40. The van der Waals surface area contributed by atoms with Crippen molar-refractivity contribution in [2.75, 3.05) is 13.1 Å². The number of rotatable bonds is 6. The Labute approximate surface area is 123 Å². The molecule has 1 N–H and O–H groups in total. The zero-order chi connectivity index (χ0) is 14.5. The van der Waals surface area contributed by atoms with Gasteiger partial charge in [-0.2, -0.15) is 0 Å². The van der Waals surface area contributed by atoms with E-state index in [0.717, 1.165) is 44.9 Å². The Bertz CT molecular complexity index is 389. The van der Waals surface area contributed by atoms with Crippen molar-refractivity contribution >= 4 is 0 Å². The minimum Gasteiger partial charge on any atom is -0.393 e. The molecule has 1 aliphatic heterocycles. The molecule has 20 heavy (non-hydrogen) atoms. The largest absolute Gasteiger partial charge is 0.393 e. The minimum absolute atomic E-state index is 0.146. The number of hydrogen-bond acceptors (Lipinski definition) is 2. The van der Waals surface area contributed by atoms with Crippen molar-refractivity contribution in [3.8, 4) is 0 Å². The Morgan fingerprint density at radius 3 is 2.55 bits per heavy atom. The normalized spacial score (nSPS) is 19.6.